The molecule has 1 atom stereocenters. The normalized spacial score (nSPS) is 19.1. The van der Waals surface area contributed by atoms with Gasteiger partial charge in [-0.15, -0.1) is 0 Å². The molecule has 1 saturated carbocycles. The number of furan rings is 1. The third-order valence-electron chi connectivity index (χ3n) is 6.38. The first-order chi connectivity index (χ1) is 14.7. The van der Waals surface area contributed by atoms with Gasteiger partial charge in [-0.05, 0) is 41.7 Å². The van der Waals surface area contributed by atoms with Crippen molar-refractivity contribution in [1.29, 1.82) is 0 Å². The van der Waals surface area contributed by atoms with Crippen LogP contribution in [0.25, 0.3) is 0 Å². The highest BCUT2D eigenvalue weighted by Gasteiger charge is 2.45. The molecule has 5 rings (SSSR count). The molecule has 2 amide bonds. The number of carbonyl (C=O) groups is 2. The Morgan fingerprint density at radius 2 is 1.70 bits per heavy atom. The Morgan fingerprint density at radius 3 is 2.40 bits per heavy atom. The van der Waals surface area contributed by atoms with Gasteiger partial charge >= 0.3 is 0 Å². The largest absolute Gasteiger partial charge is 0.459 e. The Hall–Kier alpha value is -3.34. The van der Waals surface area contributed by atoms with Crippen molar-refractivity contribution in [3.05, 3.63) is 95.4 Å². The van der Waals surface area contributed by atoms with E-state index in [9.17, 15) is 9.59 Å². The highest BCUT2D eigenvalue weighted by atomic mass is 16.3. The van der Waals surface area contributed by atoms with E-state index in [4.69, 9.17) is 4.42 Å². The lowest BCUT2D eigenvalue weighted by Gasteiger charge is -2.35. The zero-order valence-electron chi connectivity index (χ0n) is 16.7. The van der Waals surface area contributed by atoms with Crippen LogP contribution in [0, 0.1) is 0 Å². The van der Waals surface area contributed by atoms with E-state index in [1.54, 1.807) is 17.0 Å². The van der Waals surface area contributed by atoms with Gasteiger partial charge in [-0.3, -0.25) is 9.59 Å². The molecule has 0 saturated heterocycles. The monoisotopic (exact) mass is 400 g/mol. The first kappa shape index (κ1) is 18.7. The minimum atomic E-state index is -0.552. The predicted molar refractivity (Wildman–Crippen MR) is 113 cm³/mol. The predicted octanol–water partition coefficient (Wildman–Crippen LogP) is 3.69. The molecule has 5 heteroatoms. The van der Waals surface area contributed by atoms with E-state index in [1.165, 1.54) is 11.8 Å². The second kappa shape index (κ2) is 7.48. The van der Waals surface area contributed by atoms with Gasteiger partial charge in [0, 0.05) is 24.9 Å². The first-order valence-electron chi connectivity index (χ1n) is 10.4. The number of nitrogens with one attached hydrogen (secondary N) is 1. The van der Waals surface area contributed by atoms with Gasteiger partial charge in [-0.25, -0.2) is 0 Å². The summed E-state index contributed by atoms with van der Waals surface area (Å²) >= 11 is 0. The smallest absolute Gasteiger partial charge is 0.290 e. The van der Waals surface area contributed by atoms with Crippen LogP contribution in [0.15, 0.2) is 77.4 Å². The molecule has 1 fully saturated rings. The van der Waals surface area contributed by atoms with Crippen molar-refractivity contribution in [2.24, 2.45) is 0 Å². The number of nitrogens with zero attached hydrogens (tertiary/aromatic N) is 1. The molecule has 0 bridgehead atoms. The van der Waals surface area contributed by atoms with Crippen LogP contribution in [0.2, 0.25) is 0 Å². The van der Waals surface area contributed by atoms with Crippen molar-refractivity contribution >= 4 is 11.8 Å². The van der Waals surface area contributed by atoms with E-state index in [1.807, 2.05) is 42.5 Å². The van der Waals surface area contributed by atoms with E-state index in [0.29, 0.717) is 19.5 Å². The zero-order chi connectivity index (χ0) is 20.6. The summed E-state index contributed by atoms with van der Waals surface area (Å²) in [5.74, 6) is -0.0967. The number of amides is 2. The van der Waals surface area contributed by atoms with Crippen LogP contribution in [0.1, 0.15) is 40.1 Å². The molecule has 1 aliphatic carbocycles. The van der Waals surface area contributed by atoms with Crippen molar-refractivity contribution in [3.63, 3.8) is 0 Å². The highest BCUT2D eigenvalue weighted by molar-refractivity contribution is 5.96. The molecule has 2 aromatic carbocycles. The molecule has 2 aliphatic rings. The van der Waals surface area contributed by atoms with Crippen molar-refractivity contribution in [2.45, 2.75) is 37.3 Å². The van der Waals surface area contributed by atoms with Gasteiger partial charge < -0.3 is 14.6 Å². The molecule has 152 valence electrons. The maximum absolute atomic E-state index is 13.3. The lowest BCUT2D eigenvalue weighted by Crippen LogP contribution is -2.53. The summed E-state index contributed by atoms with van der Waals surface area (Å²) in [5, 5.41) is 3.15. The maximum Gasteiger partial charge on any atom is 0.290 e. The van der Waals surface area contributed by atoms with E-state index in [-0.39, 0.29) is 23.0 Å². The van der Waals surface area contributed by atoms with Crippen LogP contribution < -0.4 is 5.32 Å². The summed E-state index contributed by atoms with van der Waals surface area (Å²) in [4.78, 5) is 28.0. The minimum absolute atomic E-state index is 0.0271. The Morgan fingerprint density at radius 1 is 0.967 bits per heavy atom. The van der Waals surface area contributed by atoms with Crippen LogP contribution in [-0.4, -0.2) is 29.3 Å². The van der Waals surface area contributed by atoms with Gasteiger partial charge in [0.2, 0.25) is 5.91 Å². The maximum atomic E-state index is 13.3. The molecule has 30 heavy (non-hydrogen) atoms. The number of fused-ring (bicyclic) bond motifs is 1. The van der Waals surface area contributed by atoms with Crippen LogP contribution in [0.3, 0.4) is 0 Å². The van der Waals surface area contributed by atoms with Crippen molar-refractivity contribution < 1.29 is 14.0 Å². The lowest BCUT2D eigenvalue weighted by molar-refractivity contribution is -0.126. The third-order valence-corrected chi connectivity index (χ3v) is 6.38. The van der Waals surface area contributed by atoms with Crippen molar-refractivity contribution in [3.8, 4) is 0 Å². The molecule has 1 aliphatic heterocycles. The Bertz CT molecular complexity index is 1060. The number of rotatable bonds is 5. The summed E-state index contributed by atoms with van der Waals surface area (Å²) < 4.78 is 5.32. The van der Waals surface area contributed by atoms with Gasteiger partial charge in [-0.2, -0.15) is 0 Å². The number of hydrogen-bond acceptors (Lipinski definition) is 3. The van der Waals surface area contributed by atoms with Gasteiger partial charge in [0.15, 0.2) is 5.76 Å². The summed E-state index contributed by atoms with van der Waals surface area (Å²) in [7, 11) is 0. The number of carbonyl (C=O) groups excluding carboxylic acids is 2. The standard InChI is InChI=1S/C25H24N2O3/c28-23(26-17-25(12-13-25)20-9-2-1-3-10-20)21-15-18-7-4-5-8-19(18)16-27(21)24(29)22-11-6-14-30-22/h1-11,14,21H,12-13,15-17H2,(H,26,28). The van der Waals surface area contributed by atoms with Crippen molar-refractivity contribution in [1.82, 2.24) is 10.2 Å². The van der Waals surface area contributed by atoms with E-state index in [2.05, 4.69) is 17.4 Å². The fourth-order valence-electron chi connectivity index (χ4n) is 4.40. The van der Waals surface area contributed by atoms with Crippen molar-refractivity contribution in [2.75, 3.05) is 6.54 Å². The molecule has 1 unspecified atom stereocenters. The molecule has 5 nitrogen and oxygen atoms in total. The highest BCUT2D eigenvalue weighted by Crippen LogP contribution is 2.47. The second-order valence-electron chi connectivity index (χ2n) is 8.26. The summed E-state index contributed by atoms with van der Waals surface area (Å²) in [5.41, 5.74) is 3.48. The summed E-state index contributed by atoms with van der Waals surface area (Å²) in [6.07, 6.45) is 4.13. The minimum Gasteiger partial charge on any atom is -0.459 e. The van der Waals surface area contributed by atoms with Crippen LogP contribution >= 0.6 is 0 Å². The summed E-state index contributed by atoms with van der Waals surface area (Å²) in [6, 6.07) is 21.1. The van der Waals surface area contributed by atoms with Crippen LogP contribution in [0.5, 0.6) is 0 Å². The first-order valence-corrected chi connectivity index (χ1v) is 10.4. The molecule has 3 aromatic rings. The molecule has 2 heterocycles. The Balaban J connectivity index is 1.36. The van der Waals surface area contributed by atoms with E-state index in [0.717, 1.165) is 24.0 Å². The fourth-order valence-corrected chi connectivity index (χ4v) is 4.40. The Kier molecular flexibility index (Phi) is 4.66. The lowest BCUT2D eigenvalue weighted by atomic mass is 9.92. The summed E-state index contributed by atoms with van der Waals surface area (Å²) in [6.45, 7) is 0.994. The molecule has 0 spiro atoms. The average molecular weight is 400 g/mol. The van der Waals surface area contributed by atoms with Gasteiger partial charge in [0.1, 0.15) is 6.04 Å². The second-order valence-corrected chi connectivity index (χ2v) is 8.26. The molecule has 1 N–H and O–H groups in total. The van der Waals surface area contributed by atoms with Crippen LogP contribution in [-0.2, 0) is 23.2 Å². The number of hydrogen-bond donors (Lipinski definition) is 1. The number of benzene rings is 2. The molecule has 0 radical (unpaired) electrons. The molecular weight excluding hydrogens is 376 g/mol. The van der Waals surface area contributed by atoms with Crippen LogP contribution in [0.4, 0.5) is 0 Å². The zero-order valence-corrected chi connectivity index (χ0v) is 16.7. The van der Waals surface area contributed by atoms with E-state index < -0.39 is 6.04 Å². The van der Waals surface area contributed by atoms with Gasteiger partial charge in [-0.1, -0.05) is 54.6 Å². The Labute approximate surface area is 175 Å². The third kappa shape index (κ3) is 3.41. The van der Waals surface area contributed by atoms with E-state index >= 15 is 0 Å². The molecular formula is C25H24N2O3. The quantitative estimate of drug-likeness (QED) is 0.710. The van der Waals surface area contributed by atoms with Gasteiger partial charge in [0.25, 0.3) is 5.91 Å². The fraction of sp³-hybridized carbons (Fsp3) is 0.280. The molecule has 1 aromatic heterocycles. The average Bonchev–Trinajstić information content (AvgIpc) is 3.39. The SMILES string of the molecule is O=C(NCC1(c2ccccc2)CC1)C1Cc2ccccc2CN1C(=O)c1ccco1. The van der Waals surface area contributed by atoms with Gasteiger partial charge in [0.05, 0.1) is 6.26 Å². The topological polar surface area (TPSA) is 62.6 Å².